The number of ether oxygens (including phenoxy) is 1. The zero-order chi connectivity index (χ0) is 20.6. The number of rotatable bonds is 9. The van der Waals surface area contributed by atoms with Crippen molar-refractivity contribution in [1.82, 2.24) is 15.5 Å². The van der Waals surface area contributed by atoms with Gasteiger partial charge in [0.2, 0.25) is 0 Å². The van der Waals surface area contributed by atoms with Gasteiger partial charge in [0, 0.05) is 30.2 Å². The van der Waals surface area contributed by atoms with Crippen LogP contribution in [0.5, 0.6) is 0 Å². The zero-order valence-corrected chi connectivity index (χ0v) is 17.2. The van der Waals surface area contributed by atoms with E-state index in [1.807, 2.05) is 47.9 Å². The van der Waals surface area contributed by atoms with Crippen molar-refractivity contribution in [2.75, 3.05) is 19.7 Å². The molecule has 3 rings (SSSR count). The average Bonchev–Trinajstić information content (AvgIpc) is 3.21. The number of thiophene rings is 1. The summed E-state index contributed by atoms with van der Waals surface area (Å²) >= 11 is 1.67. The summed E-state index contributed by atoms with van der Waals surface area (Å²) in [5.74, 6) is -0.432. The molecule has 0 spiro atoms. The molecule has 0 bridgehead atoms. The Balaban J connectivity index is 1.97. The number of urea groups is 1. The van der Waals surface area contributed by atoms with Crippen LogP contribution in [0.4, 0.5) is 4.79 Å². The van der Waals surface area contributed by atoms with Gasteiger partial charge >= 0.3 is 12.0 Å². The van der Waals surface area contributed by atoms with E-state index in [2.05, 4.69) is 28.2 Å². The van der Waals surface area contributed by atoms with Crippen LogP contribution in [0, 0.1) is 0 Å². The van der Waals surface area contributed by atoms with Crippen LogP contribution >= 0.6 is 11.3 Å². The molecule has 1 aromatic carbocycles. The van der Waals surface area contributed by atoms with Crippen molar-refractivity contribution < 1.29 is 14.3 Å². The largest absolute Gasteiger partial charge is 0.463 e. The highest BCUT2D eigenvalue weighted by atomic mass is 32.1. The lowest BCUT2D eigenvalue weighted by atomic mass is 9.95. The lowest BCUT2D eigenvalue weighted by Crippen LogP contribution is -2.48. The molecule has 2 aromatic rings. The molecule has 152 valence electrons. The summed E-state index contributed by atoms with van der Waals surface area (Å²) in [6.07, 6.45) is 1.82. The summed E-state index contributed by atoms with van der Waals surface area (Å²) in [4.78, 5) is 28.6. The minimum atomic E-state index is -0.564. The molecule has 0 saturated heterocycles. The van der Waals surface area contributed by atoms with Gasteiger partial charge in [-0.2, -0.15) is 0 Å². The van der Waals surface area contributed by atoms with Crippen LogP contribution in [0.2, 0.25) is 0 Å². The molecule has 2 N–H and O–H groups in total. The second-order valence-corrected chi connectivity index (χ2v) is 7.62. The number of nitrogens with one attached hydrogen (secondary N) is 2. The highest BCUT2D eigenvalue weighted by Gasteiger charge is 2.34. The molecule has 7 heteroatoms. The maximum absolute atomic E-state index is 12.8. The Bertz CT molecular complexity index is 878. The van der Waals surface area contributed by atoms with Crippen LogP contribution in [0.1, 0.15) is 23.4 Å². The number of hydrogen-bond acceptors (Lipinski definition) is 5. The van der Waals surface area contributed by atoms with E-state index in [1.54, 1.807) is 18.3 Å². The SMILES string of the molecule is C=CCN(CC1=C(C(=O)OCC)C(c2ccccc2)NC(=O)N1)Cc1cccs1. The summed E-state index contributed by atoms with van der Waals surface area (Å²) in [5, 5.41) is 7.72. The quantitative estimate of drug-likeness (QED) is 0.489. The number of carbonyl (C=O) groups excluding carboxylic acids is 2. The van der Waals surface area contributed by atoms with Crippen molar-refractivity contribution in [2.45, 2.75) is 19.5 Å². The van der Waals surface area contributed by atoms with E-state index >= 15 is 0 Å². The number of carbonyl (C=O) groups is 2. The summed E-state index contributed by atoms with van der Waals surface area (Å²) < 4.78 is 5.32. The van der Waals surface area contributed by atoms with E-state index in [1.165, 1.54) is 4.88 Å². The number of hydrogen-bond donors (Lipinski definition) is 2. The number of esters is 1. The molecule has 0 aliphatic carbocycles. The van der Waals surface area contributed by atoms with E-state index in [-0.39, 0.29) is 12.6 Å². The third-order valence-electron chi connectivity index (χ3n) is 4.51. The Hall–Kier alpha value is -2.90. The van der Waals surface area contributed by atoms with E-state index in [0.29, 0.717) is 30.9 Å². The highest BCUT2D eigenvalue weighted by Crippen LogP contribution is 2.28. The van der Waals surface area contributed by atoms with Crippen LogP contribution in [-0.4, -0.2) is 36.6 Å². The van der Waals surface area contributed by atoms with Crippen molar-refractivity contribution in [3.8, 4) is 0 Å². The lowest BCUT2D eigenvalue weighted by molar-refractivity contribution is -0.139. The molecule has 2 heterocycles. The summed E-state index contributed by atoms with van der Waals surface area (Å²) in [6.45, 7) is 7.58. The van der Waals surface area contributed by atoms with Gasteiger partial charge in [-0.05, 0) is 23.9 Å². The molecular weight excluding hydrogens is 386 g/mol. The lowest BCUT2D eigenvalue weighted by Gasteiger charge is -2.31. The fourth-order valence-electron chi connectivity index (χ4n) is 3.30. The fourth-order valence-corrected chi connectivity index (χ4v) is 4.05. The van der Waals surface area contributed by atoms with E-state index in [4.69, 9.17) is 4.74 Å². The van der Waals surface area contributed by atoms with Crippen LogP contribution < -0.4 is 10.6 Å². The number of nitrogens with zero attached hydrogens (tertiary/aromatic N) is 1. The van der Waals surface area contributed by atoms with Gasteiger partial charge in [0.15, 0.2) is 0 Å². The van der Waals surface area contributed by atoms with Gasteiger partial charge in [-0.15, -0.1) is 17.9 Å². The molecule has 1 atom stereocenters. The smallest absolute Gasteiger partial charge is 0.338 e. The summed E-state index contributed by atoms with van der Waals surface area (Å²) in [5.41, 5.74) is 1.81. The van der Waals surface area contributed by atoms with E-state index in [0.717, 1.165) is 5.56 Å². The first-order valence-electron chi connectivity index (χ1n) is 9.50. The molecule has 0 saturated carbocycles. The van der Waals surface area contributed by atoms with Crippen LogP contribution in [0.15, 0.2) is 71.8 Å². The first-order chi connectivity index (χ1) is 14.1. The van der Waals surface area contributed by atoms with Crippen molar-refractivity contribution in [3.63, 3.8) is 0 Å². The molecule has 1 unspecified atom stereocenters. The first kappa shape index (κ1) is 20.8. The van der Waals surface area contributed by atoms with Gasteiger partial charge < -0.3 is 15.4 Å². The Morgan fingerprint density at radius 2 is 2.03 bits per heavy atom. The van der Waals surface area contributed by atoms with Crippen molar-refractivity contribution in [3.05, 3.63) is 82.2 Å². The maximum Gasteiger partial charge on any atom is 0.338 e. The molecule has 2 amide bonds. The number of amides is 2. The number of benzene rings is 1. The van der Waals surface area contributed by atoms with Crippen LogP contribution in [0.25, 0.3) is 0 Å². The van der Waals surface area contributed by atoms with Gasteiger partial charge in [0.1, 0.15) is 0 Å². The molecule has 1 aromatic heterocycles. The van der Waals surface area contributed by atoms with E-state index < -0.39 is 12.0 Å². The maximum atomic E-state index is 12.8. The van der Waals surface area contributed by atoms with Crippen molar-refractivity contribution in [2.24, 2.45) is 0 Å². The second kappa shape index (κ2) is 10.0. The van der Waals surface area contributed by atoms with Gasteiger partial charge in [-0.25, -0.2) is 9.59 Å². The minimum absolute atomic E-state index is 0.261. The van der Waals surface area contributed by atoms with Crippen LogP contribution in [-0.2, 0) is 16.1 Å². The highest BCUT2D eigenvalue weighted by molar-refractivity contribution is 7.09. The molecular formula is C22H25N3O3S. The Morgan fingerprint density at radius 3 is 2.69 bits per heavy atom. The molecule has 1 aliphatic rings. The fraction of sp³-hybridized carbons (Fsp3) is 0.273. The molecule has 0 fully saturated rings. The average molecular weight is 412 g/mol. The molecule has 1 aliphatic heterocycles. The normalized spacial score (nSPS) is 16.3. The predicted octanol–water partition coefficient (Wildman–Crippen LogP) is 3.61. The van der Waals surface area contributed by atoms with Gasteiger partial charge in [-0.3, -0.25) is 4.90 Å². The Morgan fingerprint density at radius 1 is 1.24 bits per heavy atom. The van der Waals surface area contributed by atoms with Crippen molar-refractivity contribution >= 4 is 23.3 Å². The molecule has 6 nitrogen and oxygen atoms in total. The standard InChI is InChI=1S/C22H25N3O3S/c1-3-12-25(14-17-11-8-13-29-17)15-18-19(21(26)28-4-2)20(24-22(27)23-18)16-9-6-5-7-10-16/h3,5-11,13,20H,1,4,12,14-15H2,2H3,(H2,23,24,27). The predicted molar refractivity (Wildman–Crippen MR) is 114 cm³/mol. The van der Waals surface area contributed by atoms with Gasteiger partial charge in [0.05, 0.1) is 18.2 Å². The second-order valence-electron chi connectivity index (χ2n) is 6.59. The summed E-state index contributed by atoms with van der Waals surface area (Å²) in [6, 6.07) is 12.6. The topological polar surface area (TPSA) is 70.7 Å². The molecule has 29 heavy (non-hydrogen) atoms. The van der Waals surface area contributed by atoms with Gasteiger partial charge in [0.25, 0.3) is 0 Å². The molecule has 0 radical (unpaired) electrons. The first-order valence-corrected chi connectivity index (χ1v) is 10.4. The van der Waals surface area contributed by atoms with Gasteiger partial charge in [-0.1, -0.05) is 42.5 Å². The van der Waals surface area contributed by atoms with Crippen molar-refractivity contribution in [1.29, 1.82) is 0 Å². The zero-order valence-electron chi connectivity index (χ0n) is 16.4. The Labute approximate surface area is 174 Å². The third-order valence-corrected chi connectivity index (χ3v) is 5.37. The summed E-state index contributed by atoms with van der Waals surface area (Å²) in [7, 11) is 0. The monoisotopic (exact) mass is 411 g/mol. The third kappa shape index (κ3) is 5.34. The van der Waals surface area contributed by atoms with E-state index in [9.17, 15) is 9.59 Å². The minimum Gasteiger partial charge on any atom is -0.463 e. The van der Waals surface area contributed by atoms with Crippen LogP contribution in [0.3, 0.4) is 0 Å². The Kier molecular flexibility index (Phi) is 7.21.